The fraction of sp³-hybridized carbons (Fsp3) is 0.389. The van der Waals surface area contributed by atoms with E-state index in [0.29, 0.717) is 23.8 Å². The lowest BCUT2D eigenvalue weighted by molar-refractivity contribution is 0.0697. The first-order chi connectivity index (χ1) is 11.2. The lowest BCUT2D eigenvalue weighted by Crippen LogP contribution is -2.34. The Bertz CT molecular complexity index is 671. The van der Waals surface area contributed by atoms with Crippen molar-refractivity contribution in [1.82, 2.24) is 4.90 Å². The van der Waals surface area contributed by atoms with Crippen LogP contribution in [0.3, 0.4) is 0 Å². The van der Waals surface area contributed by atoms with Crippen molar-refractivity contribution >= 4 is 5.97 Å². The van der Waals surface area contributed by atoms with Gasteiger partial charge in [-0.3, -0.25) is 4.90 Å². The molecule has 1 saturated heterocycles. The Kier molecular flexibility index (Phi) is 4.79. The van der Waals surface area contributed by atoms with E-state index >= 15 is 0 Å². The first-order valence-corrected chi connectivity index (χ1v) is 7.92. The number of carbonyl (C=O) groups is 1. The van der Waals surface area contributed by atoms with Crippen LogP contribution in [-0.4, -0.2) is 40.8 Å². The standard InChI is InChI=1S/C18H21NO4/c20-12-13-7-9-19(10-8-13)11-14-5-6-17(23-14)15-3-1-2-4-16(15)18(21)22/h1-6,13,20H,7-12H2,(H,21,22). The van der Waals surface area contributed by atoms with Gasteiger partial charge in [-0.05, 0) is 50.0 Å². The van der Waals surface area contributed by atoms with Crippen molar-refractivity contribution in [2.24, 2.45) is 5.92 Å². The van der Waals surface area contributed by atoms with E-state index in [1.807, 2.05) is 18.2 Å². The minimum Gasteiger partial charge on any atom is -0.478 e. The highest BCUT2D eigenvalue weighted by Crippen LogP contribution is 2.27. The van der Waals surface area contributed by atoms with Gasteiger partial charge in [0.25, 0.3) is 0 Å². The summed E-state index contributed by atoms with van der Waals surface area (Å²) in [6.07, 6.45) is 2.01. The number of aromatic carboxylic acids is 1. The molecule has 0 aliphatic carbocycles. The summed E-state index contributed by atoms with van der Waals surface area (Å²) in [5, 5.41) is 18.5. The molecule has 0 bridgehead atoms. The van der Waals surface area contributed by atoms with Crippen LogP contribution < -0.4 is 0 Å². The van der Waals surface area contributed by atoms with Crippen LogP contribution in [0.1, 0.15) is 29.0 Å². The second-order valence-electron chi connectivity index (χ2n) is 6.02. The van der Waals surface area contributed by atoms with E-state index in [1.165, 1.54) is 0 Å². The molecule has 1 aliphatic rings. The van der Waals surface area contributed by atoms with Gasteiger partial charge in [0.05, 0.1) is 12.1 Å². The van der Waals surface area contributed by atoms with E-state index in [2.05, 4.69) is 4.90 Å². The molecule has 5 heteroatoms. The van der Waals surface area contributed by atoms with Gasteiger partial charge in [0.15, 0.2) is 0 Å². The van der Waals surface area contributed by atoms with Crippen molar-refractivity contribution in [1.29, 1.82) is 0 Å². The number of likely N-dealkylation sites (tertiary alicyclic amines) is 1. The average Bonchev–Trinajstić information content (AvgIpc) is 3.04. The van der Waals surface area contributed by atoms with Crippen LogP contribution in [0, 0.1) is 5.92 Å². The highest BCUT2D eigenvalue weighted by molar-refractivity contribution is 5.95. The molecular weight excluding hydrogens is 294 g/mol. The number of piperidine rings is 1. The van der Waals surface area contributed by atoms with Gasteiger partial charge in [0.2, 0.25) is 0 Å². The number of nitrogens with zero attached hydrogens (tertiary/aromatic N) is 1. The molecule has 0 unspecified atom stereocenters. The zero-order chi connectivity index (χ0) is 16.2. The SMILES string of the molecule is O=C(O)c1ccccc1-c1ccc(CN2CCC(CO)CC2)o1. The summed E-state index contributed by atoms with van der Waals surface area (Å²) < 4.78 is 5.86. The molecule has 1 fully saturated rings. The van der Waals surface area contributed by atoms with Gasteiger partial charge in [-0.1, -0.05) is 18.2 Å². The molecule has 5 nitrogen and oxygen atoms in total. The number of carboxylic acid groups (broad SMARTS) is 1. The molecule has 122 valence electrons. The highest BCUT2D eigenvalue weighted by Gasteiger charge is 2.20. The lowest BCUT2D eigenvalue weighted by atomic mass is 9.98. The zero-order valence-electron chi connectivity index (χ0n) is 12.9. The number of hydrogen-bond acceptors (Lipinski definition) is 4. The molecule has 0 saturated carbocycles. The molecule has 1 aromatic heterocycles. The van der Waals surface area contributed by atoms with Crippen LogP contribution in [0.5, 0.6) is 0 Å². The number of carboxylic acids is 1. The molecule has 0 amide bonds. The number of rotatable bonds is 5. The third kappa shape index (κ3) is 3.63. The maximum atomic E-state index is 11.3. The Balaban J connectivity index is 1.71. The second-order valence-corrected chi connectivity index (χ2v) is 6.02. The van der Waals surface area contributed by atoms with E-state index in [1.54, 1.807) is 18.2 Å². The number of hydrogen-bond donors (Lipinski definition) is 2. The molecule has 23 heavy (non-hydrogen) atoms. The Morgan fingerprint density at radius 1 is 1.17 bits per heavy atom. The smallest absolute Gasteiger partial charge is 0.336 e. The molecule has 1 aliphatic heterocycles. The Morgan fingerprint density at radius 2 is 1.91 bits per heavy atom. The predicted molar refractivity (Wildman–Crippen MR) is 86.2 cm³/mol. The molecule has 2 heterocycles. The summed E-state index contributed by atoms with van der Waals surface area (Å²) in [4.78, 5) is 13.6. The first-order valence-electron chi connectivity index (χ1n) is 7.92. The predicted octanol–water partition coefficient (Wildman–Crippen LogP) is 2.85. The van der Waals surface area contributed by atoms with E-state index < -0.39 is 5.97 Å². The lowest BCUT2D eigenvalue weighted by Gasteiger charge is -2.30. The zero-order valence-corrected chi connectivity index (χ0v) is 12.9. The Hall–Kier alpha value is -2.11. The summed E-state index contributed by atoms with van der Waals surface area (Å²) >= 11 is 0. The molecule has 1 aromatic carbocycles. The minimum absolute atomic E-state index is 0.247. The van der Waals surface area contributed by atoms with E-state index in [0.717, 1.165) is 31.7 Å². The fourth-order valence-electron chi connectivity index (χ4n) is 3.04. The molecule has 0 atom stereocenters. The average molecular weight is 315 g/mol. The molecule has 3 rings (SSSR count). The van der Waals surface area contributed by atoms with Gasteiger partial charge in [0, 0.05) is 12.2 Å². The number of aliphatic hydroxyl groups is 1. The van der Waals surface area contributed by atoms with Gasteiger partial charge in [-0.15, -0.1) is 0 Å². The summed E-state index contributed by atoms with van der Waals surface area (Å²) in [6.45, 7) is 2.89. The van der Waals surface area contributed by atoms with Crippen LogP contribution >= 0.6 is 0 Å². The van der Waals surface area contributed by atoms with Crippen molar-refractivity contribution in [3.05, 3.63) is 47.7 Å². The summed E-state index contributed by atoms with van der Waals surface area (Å²) in [5.74, 6) is 0.886. The third-order valence-electron chi connectivity index (χ3n) is 4.43. The highest BCUT2D eigenvalue weighted by atomic mass is 16.4. The molecule has 0 spiro atoms. The maximum absolute atomic E-state index is 11.3. The van der Waals surface area contributed by atoms with Crippen LogP contribution in [0.15, 0.2) is 40.8 Å². The van der Waals surface area contributed by atoms with Crippen molar-refractivity contribution in [2.45, 2.75) is 19.4 Å². The number of aliphatic hydroxyl groups excluding tert-OH is 1. The van der Waals surface area contributed by atoms with Crippen molar-refractivity contribution < 1.29 is 19.4 Å². The monoisotopic (exact) mass is 315 g/mol. The molecule has 2 N–H and O–H groups in total. The quantitative estimate of drug-likeness (QED) is 0.887. The summed E-state index contributed by atoms with van der Waals surface area (Å²) in [7, 11) is 0. The molecule has 2 aromatic rings. The second kappa shape index (κ2) is 6.98. The summed E-state index contributed by atoms with van der Waals surface area (Å²) in [5.41, 5.74) is 0.849. The van der Waals surface area contributed by atoms with Gasteiger partial charge < -0.3 is 14.6 Å². The first kappa shape index (κ1) is 15.8. The number of furan rings is 1. The Morgan fingerprint density at radius 3 is 2.61 bits per heavy atom. The van der Waals surface area contributed by atoms with Crippen LogP contribution in [0.2, 0.25) is 0 Å². The topological polar surface area (TPSA) is 73.9 Å². The van der Waals surface area contributed by atoms with Gasteiger partial charge in [-0.25, -0.2) is 4.79 Å². The largest absolute Gasteiger partial charge is 0.478 e. The minimum atomic E-state index is -0.954. The van der Waals surface area contributed by atoms with E-state index in [4.69, 9.17) is 4.42 Å². The van der Waals surface area contributed by atoms with Crippen LogP contribution in [0.25, 0.3) is 11.3 Å². The van der Waals surface area contributed by atoms with E-state index in [9.17, 15) is 15.0 Å². The van der Waals surface area contributed by atoms with Gasteiger partial charge in [0.1, 0.15) is 11.5 Å². The van der Waals surface area contributed by atoms with Gasteiger partial charge in [-0.2, -0.15) is 0 Å². The molecular formula is C18H21NO4. The van der Waals surface area contributed by atoms with Crippen LogP contribution in [-0.2, 0) is 6.54 Å². The summed E-state index contributed by atoms with van der Waals surface area (Å²) in [6, 6.07) is 10.6. The Labute approximate surface area is 135 Å². The van der Waals surface area contributed by atoms with Gasteiger partial charge >= 0.3 is 5.97 Å². The molecule has 0 radical (unpaired) electrons. The van der Waals surface area contributed by atoms with Crippen LogP contribution in [0.4, 0.5) is 0 Å². The maximum Gasteiger partial charge on any atom is 0.336 e. The van der Waals surface area contributed by atoms with E-state index in [-0.39, 0.29) is 12.2 Å². The van der Waals surface area contributed by atoms with Crippen molar-refractivity contribution in [2.75, 3.05) is 19.7 Å². The third-order valence-corrected chi connectivity index (χ3v) is 4.43. The normalized spacial score (nSPS) is 16.6. The van der Waals surface area contributed by atoms with Crippen molar-refractivity contribution in [3.8, 4) is 11.3 Å². The number of benzene rings is 1. The van der Waals surface area contributed by atoms with Crippen molar-refractivity contribution in [3.63, 3.8) is 0 Å². The fourth-order valence-corrected chi connectivity index (χ4v) is 3.04.